The molecule has 0 aliphatic carbocycles. The number of pyridine rings is 2. The highest BCUT2D eigenvalue weighted by atomic mass is 16.6. The zero-order chi connectivity index (χ0) is 21.1. The quantitative estimate of drug-likeness (QED) is 0.290. The van der Waals surface area contributed by atoms with Crippen LogP contribution in [0.1, 0.15) is 0 Å². The minimum absolute atomic E-state index is 0.257. The molecule has 0 N–H and O–H groups in total. The summed E-state index contributed by atoms with van der Waals surface area (Å²) < 4.78 is 3.57. The first kappa shape index (κ1) is 18.9. The third-order valence-electron chi connectivity index (χ3n) is 4.69. The molecule has 0 fully saturated rings. The molecule has 4 rings (SSSR count). The van der Waals surface area contributed by atoms with Crippen molar-refractivity contribution in [2.75, 3.05) is 0 Å². The molecule has 146 valence electrons. The first-order chi connectivity index (χ1) is 14.5. The fourth-order valence-corrected chi connectivity index (χ4v) is 3.16. The molecule has 0 saturated heterocycles. The van der Waals surface area contributed by atoms with Crippen molar-refractivity contribution in [3.05, 3.63) is 118 Å². The second-order valence-electron chi connectivity index (χ2n) is 6.51. The predicted octanol–water partition coefficient (Wildman–Crippen LogP) is 3.72. The van der Waals surface area contributed by atoms with Gasteiger partial charge in [-0.1, -0.05) is 18.2 Å². The van der Waals surface area contributed by atoms with E-state index in [1.807, 2.05) is 71.6 Å². The van der Waals surface area contributed by atoms with Crippen LogP contribution in [0.15, 0.2) is 97.6 Å². The number of rotatable bonds is 5. The zero-order valence-corrected chi connectivity index (χ0v) is 15.7. The number of nitro groups is 2. The van der Waals surface area contributed by atoms with E-state index in [4.69, 9.17) is 0 Å². The van der Waals surface area contributed by atoms with Crippen molar-refractivity contribution in [3.63, 3.8) is 0 Å². The van der Waals surface area contributed by atoms with Gasteiger partial charge in [-0.25, -0.2) is 0 Å². The van der Waals surface area contributed by atoms with Crippen LogP contribution >= 0.6 is 0 Å². The maximum absolute atomic E-state index is 11.4. The van der Waals surface area contributed by atoms with E-state index in [0.29, 0.717) is 0 Å². The molecule has 0 saturated carbocycles. The van der Waals surface area contributed by atoms with E-state index in [0.717, 1.165) is 22.9 Å². The lowest BCUT2D eigenvalue weighted by molar-refractivity contribution is -0.600. The second kappa shape index (κ2) is 7.88. The van der Waals surface area contributed by atoms with Crippen molar-refractivity contribution in [2.24, 2.45) is 0 Å². The number of para-hydroxylation sites is 1. The Morgan fingerprint density at radius 2 is 1.20 bits per heavy atom. The molecule has 2 aromatic carbocycles. The van der Waals surface area contributed by atoms with Gasteiger partial charge in [0.25, 0.3) is 11.4 Å². The summed E-state index contributed by atoms with van der Waals surface area (Å²) in [5.41, 5.74) is 2.60. The summed E-state index contributed by atoms with van der Waals surface area (Å²) in [5.74, 6) is 0. The summed E-state index contributed by atoms with van der Waals surface area (Å²) in [6, 6.07) is 21.2. The van der Waals surface area contributed by atoms with Gasteiger partial charge in [0.15, 0.2) is 24.8 Å². The Morgan fingerprint density at radius 3 is 1.73 bits per heavy atom. The molecule has 8 heteroatoms. The van der Waals surface area contributed by atoms with Gasteiger partial charge in [-0.05, 0) is 11.1 Å². The molecule has 0 aliphatic rings. The monoisotopic (exact) mass is 400 g/mol. The molecule has 0 unspecified atom stereocenters. The van der Waals surface area contributed by atoms with Gasteiger partial charge in [0, 0.05) is 48.5 Å². The third-order valence-corrected chi connectivity index (χ3v) is 4.69. The average molecular weight is 400 g/mol. The van der Waals surface area contributed by atoms with Crippen molar-refractivity contribution < 1.29 is 19.0 Å². The van der Waals surface area contributed by atoms with Crippen LogP contribution in [0.25, 0.3) is 22.5 Å². The van der Waals surface area contributed by atoms with Gasteiger partial charge in [-0.15, -0.1) is 0 Å². The Bertz CT molecular complexity index is 1220. The number of hydrogen-bond donors (Lipinski definition) is 0. The van der Waals surface area contributed by atoms with E-state index in [1.165, 1.54) is 12.1 Å². The highest BCUT2D eigenvalue weighted by Crippen LogP contribution is 2.25. The van der Waals surface area contributed by atoms with Crippen LogP contribution in [0, 0.1) is 20.2 Å². The van der Waals surface area contributed by atoms with E-state index in [1.54, 1.807) is 17.0 Å². The van der Waals surface area contributed by atoms with Gasteiger partial charge >= 0.3 is 5.69 Å². The predicted molar refractivity (Wildman–Crippen MR) is 108 cm³/mol. The van der Waals surface area contributed by atoms with Crippen LogP contribution in [0.2, 0.25) is 0 Å². The standard InChI is InChI=1S/C22H16N4O4/c27-25(28)20-6-7-21(22(16-20)26(29)30)24-14-10-18(11-15-24)17-8-12-23(13-9-17)19-4-2-1-3-5-19/h1-16H/q+2. The first-order valence-corrected chi connectivity index (χ1v) is 9.04. The lowest BCUT2D eigenvalue weighted by atomic mass is 10.1. The summed E-state index contributed by atoms with van der Waals surface area (Å²) in [6.07, 6.45) is 7.32. The van der Waals surface area contributed by atoms with Crippen molar-refractivity contribution in [1.82, 2.24) is 0 Å². The number of hydrogen-bond acceptors (Lipinski definition) is 4. The number of non-ortho nitro benzene ring substituents is 1. The van der Waals surface area contributed by atoms with Crippen molar-refractivity contribution in [2.45, 2.75) is 0 Å². The van der Waals surface area contributed by atoms with E-state index in [2.05, 4.69) is 0 Å². The Hall–Kier alpha value is -4.46. The van der Waals surface area contributed by atoms with Gasteiger partial charge in [-0.3, -0.25) is 20.2 Å². The van der Waals surface area contributed by atoms with Gasteiger partial charge in [0.2, 0.25) is 5.69 Å². The second-order valence-corrected chi connectivity index (χ2v) is 6.51. The molecule has 0 bridgehead atoms. The molecule has 30 heavy (non-hydrogen) atoms. The topological polar surface area (TPSA) is 94.0 Å². The summed E-state index contributed by atoms with van der Waals surface area (Å²) in [4.78, 5) is 21.0. The third kappa shape index (κ3) is 3.74. The molecular formula is C22H16N4O4+2. The van der Waals surface area contributed by atoms with Crippen LogP contribution < -0.4 is 9.13 Å². The Balaban J connectivity index is 1.64. The van der Waals surface area contributed by atoms with E-state index in [-0.39, 0.29) is 17.1 Å². The molecule has 4 aromatic rings. The highest BCUT2D eigenvalue weighted by Gasteiger charge is 2.26. The smallest absolute Gasteiger partial charge is 0.258 e. The molecule has 0 atom stereocenters. The van der Waals surface area contributed by atoms with E-state index in [9.17, 15) is 20.2 Å². The Morgan fingerprint density at radius 1 is 0.633 bits per heavy atom. The van der Waals surface area contributed by atoms with Gasteiger partial charge < -0.3 is 0 Å². The molecule has 0 amide bonds. The molecule has 0 radical (unpaired) electrons. The maximum Gasteiger partial charge on any atom is 0.347 e. The summed E-state index contributed by atoms with van der Waals surface area (Å²) in [5, 5.41) is 22.3. The normalized spacial score (nSPS) is 10.5. The number of nitro benzene ring substituents is 2. The van der Waals surface area contributed by atoms with Crippen LogP contribution in [0.3, 0.4) is 0 Å². The Labute approximate surface area is 171 Å². The molecule has 8 nitrogen and oxygen atoms in total. The largest absolute Gasteiger partial charge is 0.347 e. The summed E-state index contributed by atoms with van der Waals surface area (Å²) in [6.45, 7) is 0. The minimum atomic E-state index is -0.651. The van der Waals surface area contributed by atoms with E-state index < -0.39 is 9.85 Å². The van der Waals surface area contributed by atoms with Crippen LogP contribution in [0.5, 0.6) is 0 Å². The molecule has 2 heterocycles. The molecule has 0 spiro atoms. The van der Waals surface area contributed by atoms with Crippen molar-refractivity contribution in [1.29, 1.82) is 0 Å². The Kier molecular flexibility index (Phi) is 4.96. The fraction of sp³-hybridized carbons (Fsp3) is 0. The van der Waals surface area contributed by atoms with Gasteiger partial charge in [-0.2, -0.15) is 9.13 Å². The summed E-state index contributed by atoms with van der Waals surface area (Å²) in [7, 11) is 0. The number of aromatic nitrogens is 2. The van der Waals surface area contributed by atoms with Crippen LogP contribution in [-0.2, 0) is 0 Å². The number of benzene rings is 2. The molecular weight excluding hydrogens is 384 g/mol. The maximum atomic E-state index is 11.4. The van der Waals surface area contributed by atoms with Crippen molar-refractivity contribution >= 4 is 11.4 Å². The minimum Gasteiger partial charge on any atom is -0.258 e. The van der Waals surface area contributed by atoms with Crippen LogP contribution in [0.4, 0.5) is 11.4 Å². The van der Waals surface area contributed by atoms with Crippen molar-refractivity contribution in [3.8, 4) is 22.5 Å². The van der Waals surface area contributed by atoms with Gasteiger partial charge in [0.05, 0.1) is 9.85 Å². The SMILES string of the molecule is O=[N+]([O-])c1ccc(-[n+]2ccc(-c3cc[n+](-c4ccccc4)cc3)cc2)c([N+](=O)[O-])c1. The zero-order valence-electron chi connectivity index (χ0n) is 15.7. The molecule has 2 aromatic heterocycles. The number of nitrogens with zero attached hydrogens (tertiary/aromatic N) is 4. The lowest BCUT2D eigenvalue weighted by Crippen LogP contribution is -2.30. The van der Waals surface area contributed by atoms with Crippen LogP contribution in [-0.4, -0.2) is 9.85 Å². The summed E-state index contributed by atoms with van der Waals surface area (Å²) >= 11 is 0. The van der Waals surface area contributed by atoms with E-state index >= 15 is 0 Å². The highest BCUT2D eigenvalue weighted by molar-refractivity contribution is 5.61. The lowest BCUT2D eigenvalue weighted by Gasteiger charge is -2.02. The van der Waals surface area contributed by atoms with Gasteiger partial charge in [0.1, 0.15) is 6.07 Å². The molecule has 0 aliphatic heterocycles. The fourth-order valence-electron chi connectivity index (χ4n) is 3.16. The first-order valence-electron chi connectivity index (χ1n) is 9.04. The average Bonchev–Trinajstić information content (AvgIpc) is 2.79.